The van der Waals surface area contributed by atoms with Crippen molar-refractivity contribution in [2.24, 2.45) is 0 Å². The molecule has 2 aromatic carbocycles. The second-order valence-corrected chi connectivity index (χ2v) is 5.88. The molecule has 130 valence electrons. The molecule has 1 amide bonds. The van der Waals surface area contributed by atoms with Gasteiger partial charge in [0, 0.05) is 10.7 Å². The Morgan fingerprint density at radius 1 is 1.16 bits per heavy atom. The number of hydrogen-bond acceptors (Lipinski definition) is 5. The number of hydrogen-bond donors (Lipinski definition) is 1. The largest absolute Gasteiger partial charge is 0.485 e. The molecule has 0 saturated heterocycles. The number of halogens is 1. The van der Waals surface area contributed by atoms with E-state index in [1.165, 1.54) is 6.92 Å². The number of carbonyl (C=O) groups excluding carboxylic acids is 2. The molecular formula is C18H16ClNO5. The first-order valence-electron chi connectivity index (χ1n) is 7.68. The van der Waals surface area contributed by atoms with Crippen LogP contribution in [0, 0.1) is 0 Å². The lowest BCUT2D eigenvalue weighted by atomic mass is 10.2. The Bertz CT molecular complexity index is 777. The van der Waals surface area contributed by atoms with Gasteiger partial charge in [0.1, 0.15) is 6.61 Å². The summed E-state index contributed by atoms with van der Waals surface area (Å²) in [5.41, 5.74) is 0.559. The predicted octanol–water partition coefficient (Wildman–Crippen LogP) is 3.05. The highest BCUT2D eigenvalue weighted by Gasteiger charge is 2.31. The molecule has 2 aromatic rings. The Balaban J connectivity index is 1.55. The van der Waals surface area contributed by atoms with Crippen LogP contribution in [0.1, 0.15) is 6.92 Å². The van der Waals surface area contributed by atoms with Crippen LogP contribution in [0.4, 0.5) is 5.69 Å². The molecule has 2 atom stereocenters. The third-order valence-electron chi connectivity index (χ3n) is 3.55. The maximum absolute atomic E-state index is 12.2. The lowest BCUT2D eigenvalue weighted by molar-refractivity contribution is -0.162. The highest BCUT2D eigenvalue weighted by atomic mass is 35.5. The lowest BCUT2D eigenvalue weighted by Gasteiger charge is -2.25. The van der Waals surface area contributed by atoms with E-state index in [2.05, 4.69) is 5.32 Å². The van der Waals surface area contributed by atoms with E-state index in [0.29, 0.717) is 22.2 Å². The summed E-state index contributed by atoms with van der Waals surface area (Å²) in [6, 6.07) is 13.7. The molecule has 1 aliphatic heterocycles. The predicted molar refractivity (Wildman–Crippen MR) is 92.0 cm³/mol. The molecule has 7 heteroatoms. The minimum absolute atomic E-state index is 0.0291. The number of carbonyl (C=O) groups is 2. The first-order valence-corrected chi connectivity index (χ1v) is 8.06. The number of nitrogens with one attached hydrogen (secondary N) is 1. The average Bonchev–Trinajstić information content (AvgIpc) is 2.63. The van der Waals surface area contributed by atoms with Crippen LogP contribution in [0.15, 0.2) is 48.5 Å². The van der Waals surface area contributed by atoms with Gasteiger partial charge in [-0.25, -0.2) is 4.79 Å². The molecule has 6 nitrogen and oxygen atoms in total. The van der Waals surface area contributed by atoms with Gasteiger partial charge in [-0.3, -0.25) is 4.79 Å². The Morgan fingerprint density at radius 3 is 2.56 bits per heavy atom. The van der Waals surface area contributed by atoms with Crippen LogP contribution in [0.3, 0.4) is 0 Å². The molecule has 0 fully saturated rings. The Morgan fingerprint density at radius 2 is 1.84 bits per heavy atom. The van der Waals surface area contributed by atoms with Gasteiger partial charge >= 0.3 is 5.97 Å². The van der Waals surface area contributed by atoms with Crippen molar-refractivity contribution in [3.05, 3.63) is 53.6 Å². The highest BCUT2D eigenvalue weighted by molar-refractivity contribution is 6.30. The number of anilines is 1. The van der Waals surface area contributed by atoms with Gasteiger partial charge in [-0.1, -0.05) is 23.7 Å². The van der Waals surface area contributed by atoms with E-state index in [4.69, 9.17) is 25.8 Å². The van der Waals surface area contributed by atoms with Crippen molar-refractivity contribution >= 4 is 29.2 Å². The lowest BCUT2D eigenvalue weighted by Crippen LogP contribution is -2.41. The van der Waals surface area contributed by atoms with Gasteiger partial charge in [0.25, 0.3) is 5.91 Å². The summed E-state index contributed by atoms with van der Waals surface area (Å²) in [7, 11) is 0. The normalized spacial score (nSPS) is 16.6. The highest BCUT2D eigenvalue weighted by Crippen LogP contribution is 2.31. The van der Waals surface area contributed by atoms with E-state index in [-0.39, 0.29) is 6.61 Å². The minimum atomic E-state index is -0.982. The number of fused-ring (bicyclic) bond motifs is 1. The summed E-state index contributed by atoms with van der Waals surface area (Å²) in [6.45, 7) is 1.52. The van der Waals surface area contributed by atoms with Gasteiger partial charge in [-0.05, 0) is 43.3 Å². The topological polar surface area (TPSA) is 73.9 Å². The van der Waals surface area contributed by atoms with Crippen molar-refractivity contribution in [1.29, 1.82) is 0 Å². The van der Waals surface area contributed by atoms with Crippen LogP contribution in [-0.2, 0) is 14.3 Å². The maximum atomic E-state index is 12.2. The zero-order valence-electron chi connectivity index (χ0n) is 13.4. The molecule has 25 heavy (non-hydrogen) atoms. The van der Waals surface area contributed by atoms with Crippen LogP contribution < -0.4 is 14.8 Å². The van der Waals surface area contributed by atoms with Crippen LogP contribution >= 0.6 is 11.6 Å². The molecule has 1 heterocycles. The second kappa shape index (κ2) is 7.44. The summed E-state index contributed by atoms with van der Waals surface area (Å²) in [6.07, 6.45) is -1.90. The summed E-state index contributed by atoms with van der Waals surface area (Å²) in [5.74, 6) is -0.0740. The smallest absolute Gasteiger partial charge is 0.351 e. The first kappa shape index (κ1) is 17.1. The second-order valence-electron chi connectivity index (χ2n) is 5.44. The summed E-state index contributed by atoms with van der Waals surface area (Å²) >= 11 is 5.79. The minimum Gasteiger partial charge on any atom is -0.485 e. The summed E-state index contributed by atoms with van der Waals surface area (Å²) in [5, 5.41) is 3.21. The van der Waals surface area contributed by atoms with E-state index in [1.54, 1.807) is 42.5 Å². The van der Waals surface area contributed by atoms with Gasteiger partial charge in [-0.2, -0.15) is 0 Å². The molecule has 1 N–H and O–H groups in total. The van der Waals surface area contributed by atoms with Gasteiger partial charge in [0.05, 0.1) is 0 Å². The number of amides is 1. The fourth-order valence-corrected chi connectivity index (χ4v) is 2.34. The van der Waals surface area contributed by atoms with Gasteiger partial charge in [-0.15, -0.1) is 0 Å². The standard InChI is InChI=1S/C18H16ClNO5/c1-11(17(21)20-13-8-6-12(19)7-9-13)24-18(22)16-10-23-14-4-2-3-5-15(14)25-16/h2-9,11,16H,10H2,1H3,(H,20,21)/t11-,16-/m0/s1. The van der Waals surface area contributed by atoms with Gasteiger partial charge in [0.2, 0.25) is 6.10 Å². The van der Waals surface area contributed by atoms with Crippen LogP contribution in [-0.4, -0.2) is 30.7 Å². The molecule has 3 rings (SSSR count). The number of esters is 1. The molecule has 0 aromatic heterocycles. The van der Waals surface area contributed by atoms with Crippen molar-refractivity contribution in [2.75, 3.05) is 11.9 Å². The summed E-state index contributed by atoms with van der Waals surface area (Å²) < 4.78 is 16.2. The van der Waals surface area contributed by atoms with Crippen LogP contribution in [0.25, 0.3) is 0 Å². The fourth-order valence-electron chi connectivity index (χ4n) is 2.22. The van der Waals surface area contributed by atoms with E-state index >= 15 is 0 Å². The Labute approximate surface area is 149 Å². The molecular weight excluding hydrogens is 346 g/mol. The third-order valence-corrected chi connectivity index (χ3v) is 3.80. The Kier molecular flexibility index (Phi) is 5.09. The maximum Gasteiger partial charge on any atom is 0.351 e. The number of para-hydroxylation sites is 2. The molecule has 0 bridgehead atoms. The van der Waals surface area contributed by atoms with Gasteiger partial charge < -0.3 is 19.5 Å². The number of ether oxygens (including phenoxy) is 3. The monoisotopic (exact) mass is 361 g/mol. The molecule has 0 saturated carbocycles. The SMILES string of the molecule is C[C@H](OC(=O)[C@@H]1COc2ccccc2O1)C(=O)Nc1ccc(Cl)cc1. The van der Waals surface area contributed by atoms with E-state index in [0.717, 1.165) is 0 Å². The fraction of sp³-hybridized carbons (Fsp3) is 0.222. The first-order chi connectivity index (χ1) is 12.0. The molecule has 0 radical (unpaired) electrons. The average molecular weight is 362 g/mol. The van der Waals surface area contributed by atoms with Crippen molar-refractivity contribution in [3.8, 4) is 11.5 Å². The Hall–Kier alpha value is -2.73. The van der Waals surface area contributed by atoms with Crippen molar-refractivity contribution in [1.82, 2.24) is 0 Å². The van der Waals surface area contributed by atoms with E-state index in [9.17, 15) is 9.59 Å². The zero-order valence-corrected chi connectivity index (χ0v) is 14.2. The van der Waals surface area contributed by atoms with Crippen molar-refractivity contribution < 1.29 is 23.8 Å². The zero-order chi connectivity index (χ0) is 17.8. The van der Waals surface area contributed by atoms with Crippen LogP contribution in [0.2, 0.25) is 5.02 Å². The van der Waals surface area contributed by atoms with E-state index < -0.39 is 24.1 Å². The quantitative estimate of drug-likeness (QED) is 0.847. The van der Waals surface area contributed by atoms with Gasteiger partial charge in [0.15, 0.2) is 17.6 Å². The molecule has 0 aliphatic carbocycles. The number of rotatable bonds is 4. The number of benzene rings is 2. The summed E-state index contributed by atoms with van der Waals surface area (Å²) in [4.78, 5) is 24.3. The van der Waals surface area contributed by atoms with Crippen LogP contribution in [0.5, 0.6) is 11.5 Å². The third kappa shape index (κ3) is 4.22. The van der Waals surface area contributed by atoms with Crippen molar-refractivity contribution in [2.45, 2.75) is 19.1 Å². The molecule has 0 spiro atoms. The molecule has 0 unspecified atom stereocenters. The van der Waals surface area contributed by atoms with Crippen molar-refractivity contribution in [3.63, 3.8) is 0 Å². The molecule has 1 aliphatic rings. The van der Waals surface area contributed by atoms with E-state index in [1.807, 2.05) is 6.07 Å².